The summed E-state index contributed by atoms with van der Waals surface area (Å²) in [5, 5.41) is 0. The van der Waals surface area contributed by atoms with E-state index in [1.54, 1.807) is 32.0 Å². The highest BCUT2D eigenvalue weighted by Gasteiger charge is 2.27. The van der Waals surface area contributed by atoms with Crippen LogP contribution in [-0.4, -0.2) is 23.5 Å². The van der Waals surface area contributed by atoms with Gasteiger partial charge in [0, 0.05) is 28.8 Å². The molecule has 0 fully saturated rings. The zero-order valence-corrected chi connectivity index (χ0v) is 16.4. The largest absolute Gasteiger partial charge is 0.328 e. The molecule has 0 amide bonds. The van der Waals surface area contributed by atoms with Crippen molar-refractivity contribution in [3.05, 3.63) is 61.8 Å². The van der Waals surface area contributed by atoms with Crippen LogP contribution in [0.3, 0.4) is 0 Å². The van der Waals surface area contributed by atoms with Crippen LogP contribution >= 0.6 is 15.9 Å². The summed E-state index contributed by atoms with van der Waals surface area (Å²) >= 11 is 3.25. The number of hydrogen-bond acceptors (Lipinski definition) is 4. The molecule has 25 heavy (non-hydrogen) atoms. The molecule has 2 N–H and O–H groups in total. The molecule has 0 aliphatic rings. The lowest BCUT2D eigenvalue weighted by Gasteiger charge is -2.26. The van der Waals surface area contributed by atoms with E-state index in [-0.39, 0.29) is 4.90 Å². The first kappa shape index (κ1) is 19.6. The second kappa shape index (κ2) is 7.67. The minimum Gasteiger partial charge on any atom is -0.301 e. The van der Waals surface area contributed by atoms with Crippen LogP contribution < -0.4 is 16.0 Å². The Hall–Kier alpha value is -1.71. The molecule has 0 bridgehead atoms. The predicted octanol–water partition coefficient (Wildman–Crippen LogP) is 1.84. The van der Waals surface area contributed by atoms with E-state index in [0.717, 1.165) is 0 Å². The Kier molecular flexibility index (Phi) is 6.02. The van der Waals surface area contributed by atoms with E-state index in [1.165, 1.54) is 22.9 Å². The first-order chi connectivity index (χ1) is 11.6. The molecule has 0 saturated carbocycles. The van der Waals surface area contributed by atoms with E-state index < -0.39 is 26.8 Å². The minimum absolute atomic E-state index is 0.180. The molecular formula is C16H20BrN3O4S. The quantitative estimate of drug-likeness (QED) is 0.700. The van der Waals surface area contributed by atoms with Gasteiger partial charge < -0.3 is 4.57 Å². The number of aromatic nitrogens is 2. The van der Waals surface area contributed by atoms with E-state index in [9.17, 15) is 18.0 Å². The standard InChI is InChI=1S/C16H20BrN3O4S/c1-16(2,9-5-10-20-11-8-14(21)18-15(20)22)19-25(23,24)13-7-4-3-6-12(13)17/h3-4,6-8,11,19H,5,9-10H2,1-2H3,(H,18,21,22). The normalized spacial score (nSPS) is 12.3. The molecule has 0 saturated heterocycles. The summed E-state index contributed by atoms with van der Waals surface area (Å²) in [6, 6.07) is 7.89. The highest BCUT2D eigenvalue weighted by Crippen LogP contribution is 2.23. The van der Waals surface area contributed by atoms with Crippen LogP contribution in [0.2, 0.25) is 0 Å². The van der Waals surface area contributed by atoms with Crippen molar-refractivity contribution in [2.24, 2.45) is 0 Å². The number of nitrogens with zero attached hydrogens (tertiary/aromatic N) is 1. The molecule has 136 valence electrons. The lowest BCUT2D eigenvalue weighted by molar-refractivity contribution is 0.393. The van der Waals surface area contributed by atoms with Gasteiger partial charge in [-0.05, 0) is 54.8 Å². The number of sulfonamides is 1. The third-order valence-corrected chi connectivity index (χ3v) is 6.34. The summed E-state index contributed by atoms with van der Waals surface area (Å²) in [5.74, 6) is 0. The average molecular weight is 430 g/mol. The lowest BCUT2D eigenvalue weighted by atomic mass is 10.0. The molecule has 0 aliphatic heterocycles. The summed E-state index contributed by atoms with van der Waals surface area (Å²) < 4.78 is 29.7. The number of H-pyrrole nitrogens is 1. The average Bonchev–Trinajstić information content (AvgIpc) is 2.48. The second-order valence-corrected chi connectivity index (χ2v) is 8.83. The maximum Gasteiger partial charge on any atom is 0.328 e. The van der Waals surface area contributed by atoms with Crippen molar-refractivity contribution in [3.8, 4) is 0 Å². The summed E-state index contributed by atoms with van der Waals surface area (Å²) in [6.45, 7) is 3.96. The number of rotatable bonds is 7. The van der Waals surface area contributed by atoms with Gasteiger partial charge in [0.25, 0.3) is 5.56 Å². The number of aryl methyl sites for hydroxylation is 1. The third-order valence-electron chi connectivity index (χ3n) is 3.63. The maximum atomic E-state index is 12.6. The van der Waals surface area contributed by atoms with Gasteiger partial charge in [0.15, 0.2) is 0 Å². The number of hydrogen-bond donors (Lipinski definition) is 2. The molecule has 2 aromatic rings. The van der Waals surface area contributed by atoms with E-state index in [0.29, 0.717) is 23.9 Å². The summed E-state index contributed by atoms with van der Waals surface area (Å²) in [5.41, 5.74) is -1.61. The van der Waals surface area contributed by atoms with Crippen molar-refractivity contribution >= 4 is 26.0 Å². The van der Waals surface area contributed by atoms with Gasteiger partial charge in [0.1, 0.15) is 0 Å². The maximum absolute atomic E-state index is 12.6. The van der Waals surface area contributed by atoms with Gasteiger partial charge in [-0.15, -0.1) is 0 Å². The fourth-order valence-corrected chi connectivity index (χ4v) is 4.89. The van der Waals surface area contributed by atoms with E-state index in [1.807, 2.05) is 0 Å². The second-order valence-electron chi connectivity index (χ2n) is 6.33. The fourth-order valence-electron chi connectivity index (χ4n) is 2.44. The summed E-state index contributed by atoms with van der Waals surface area (Å²) in [4.78, 5) is 25.1. The highest BCUT2D eigenvalue weighted by molar-refractivity contribution is 9.10. The zero-order valence-electron chi connectivity index (χ0n) is 14.0. The van der Waals surface area contributed by atoms with Crippen molar-refractivity contribution in [2.75, 3.05) is 0 Å². The Bertz CT molecular complexity index is 964. The molecule has 7 nitrogen and oxygen atoms in total. The monoisotopic (exact) mass is 429 g/mol. The Morgan fingerprint density at radius 3 is 2.52 bits per heavy atom. The zero-order chi connectivity index (χ0) is 18.7. The van der Waals surface area contributed by atoms with Crippen LogP contribution in [0.5, 0.6) is 0 Å². The molecule has 1 heterocycles. The van der Waals surface area contributed by atoms with Crippen LogP contribution in [0.1, 0.15) is 26.7 Å². The third kappa shape index (κ3) is 5.38. The Morgan fingerprint density at radius 1 is 1.20 bits per heavy atom. The number of nitrogens with one attached hydrogen (secondary N) is 2. The van der Waals surface area contributed by atoms with Crippen molar-refractivity contribution in [1.29, 1.82) is 0 Å². The first-order valence-electron chi connectivity index (χ1n) is 7.69. The van der Waals surface area contributed by atoms with Gasteiger partial charge in [0.05, 0.1) is 4.90 Å². The predicted molar refractivity (Wildman–Crippen MR) is 99.1 cm³/mol. The molecule has 2 rings (SSSR count). The fraction of sp³-hybridized carbons (Fsp3) is 0.375. The Labute approximate surface area is 154 Å². The first-order valence-corrected chi connectivity index (χ1v) is 9.97. The van der Waals surface area contributed by atoms with Gasteiger partial charge in [-0.3, -0.25) is 9.78 Å². The van der Waals surface area contributed by atoms with Crippen LogP contribution in [0.4, 0.5) is 0 Å². The number of aromatic amines is 1. The van der Waals surface area contributed by atoms with E-state index in [4.69, 9.17) is 0 Å². The lowest BCUT2D eigenvalue weighted by Crippen LogP contribution is -2.43. The van der Waals surface area contributed by atoms with Gasteiger partial charge in [-0.25, -0.2) is 17.9 Å². The molecular weight excluding hydrogens is 410 g/mol. The molecule has 1 aromatic carbocycles. The van der Waals surface area contributed by atoms with Gasteiger partial charge in [-0.2, -0.15) is 0 Å². The molecule has 0 unspecified atom stereocenters. The SMILES string of the molecule is CC(C)(CCCn1ccc(=O)[nH]c1=O)NS(=O)(=O)c1ccccc1Br. The van der Waals surface area contributed by atoms with Crippen LogP contribution in [0, 0.1) is 0 Å². The van der Waals surface area contributed by atoms with Crippen molar-refractivity contribution in [2.45, 2.75) is 43.7 Å². The smallest absolute Gasteiger partial charge is 0.301 e. The van der Waals surface area contributed by atoms with Gasteiger partial charge in [0.2, 0.25) is 10.0 Å². The van der Waals surface area contributed by atoms with Gasteiger partial charge >= 0.3 is 5.69 Å². The number of halogens is 1. The molecule has 0 radical (unpaired) electrons. The van der Waals surface area contributed by atoms with E-state index in [2.05, 4.69) is 25.6 Å². The molecule has 9 heteroatoms. The van der Waals surface area contributed by atoms with Crippen molar-refractivity contribution in [3.63, 3.8) is 0 Å². The highest BCUT2D eigenvalue weighted by atomic mass is 79.9. The van der Waals surface area contributed by atoms with Crippen LogP contribution in [0.15, 0.2) is 55.5 Å². The number of benzene rings is 1. The topological polar surface area (TPSA) is 101 Å². The summed E-state index contributed by atoms with van der Waals surface area (Å²) in [6.07, 6.45) is 2.51. The molecule has 0 aliphatic carbocycles. The Balaban J connectivity index is 2.03. The molecule has 0 atom stereocenters. The van der Waals surface area contributed by atoms with Crippen LogP contribution in [0.25, 0.3) is 0 Å². The van der Waals surface area contributed by atoms with Crippen molar-refractivity contribution in [1.82, 2.24) is 14.3 Å². The molecule has 0 spiro atoms. The van der Waals surface area contributed by atoms with Gasteiger partial charge in [-0.1, -0.05) is 12.1 Å². The minimum atomic E-state index is -3.67. The van der Waals surface area contributed by atoms with Crippen molar-refractivity contribution < 1.29 is 8.42 Å². The molecule has 1 aromatic heterocycles. The van der Waals surface area contributed by atoms with Crippen LogP contribution in [-0.2, 0) is 16.6 Å². The van der Waals surface area contributed by atoms with E-state index >= 15 is 0 Å². The summed E-state index contributed by atoms with van der Waals surface area (Å²) in [7, 11) is -3.67. The Morgan fingerprint density at radius 2 is 1.88 bits per heavy atom.